The van der Waals surface area contributed by atoms with Crippen molar-refractivity contribution in [2.75, 3.05) is 31.5 Å². The van der Waals surface area contributed by atoms with Crippen molar-refractivity contribution in [3.63, 3.8) is 0 Å². The SMILES string of the molecule is CCCCOc1ccccc1[C@@H]1Nc2ccccc2NC2=C1C(=O)C[C@H](c1ccc(OC)c(OC)c1)C2. The first-order valence-corrected chi connectivity index (χ1v) is 12.9. The standard InChI is InChI=1S/C31H34N2O4/c1-4-5-16-37-27-13-9-6-10-22(27)31-30-25(32-23-11-7-8-12-24(23)33-31)17-21(18-26(30)34)20-14-15-28(35-2)29(19-20)36-3/h6-15,19,21,31-33H,4-5,16-18H2,1-3H3/t21-,31+/m1/s1. The van der Waals surface area contributed by atoms with Crippen molar-refractivity contribution in [3.8, 4) is 17.2 Å². The molecule has 0 fully saturated rings. The largest absolute Gasteiger partial charge is 0.493 e. The third-order valence-corrected chi connectivity index (χ3v) is 7.17. The average molecular weight is 499 g/mol. The van der Waals surface area contributed by atoms with Gasteiger partial charge in [-0.15, -0.1) is 0 Å². The molecule has 2 atom stereocenters. The van der Waals surface area contributed by atoms with Crippen LogP contribution in [0.5, 0.6) is 17.2 Å². The Morgan fingerprint density at radius 3 is 2.41 bits per heavy atom. The van der Waals surface area contributed by atoms with Crippen molar-refractivity contribution < 1.29 is 19.0 Å². The van der Waals surface area contributed by atoms with Crippen molar-refractivity contribution in [2.24, 2.45) is 0 Å². The molecule has 0 radical (unpaired) electrons. The Morgan fingerprint density at radius 1 is 0.865 bits per heavy atom. The minimum atomic E-state index is -0.317. The van der Waals surface area contributed by atoms with Crippen LogP contribution in [0.25, 0.3) is 0 Å². The smallest absolute Gasteiger partial charge is 0.163 e. The summed E-state index contributed by atoms with van der Waals surface area (Å²) in [6.07, 6.45) is 3.18. The molecule has 1 aliphatic heterocycles. The molecule has 6 nitrogen and oxygen atoms in total. The normalized spacial score (nSPS) is 18.6. The third kappa shape index (κ3) is 5.01. The maximum Gasteiger partial charge on any atom is 0.163 e. The Labute approximate surface area is 218 Å². The molecule has 3 aromatic carbocycles. The highest BCUT2D eigenvalue weighted by molar-refractivity contribution is 6.01. The Kier molecular flexibility index (Phi) is 7.35. The topological polar surface area (TPSA) is 68.8 Å². The van der Waals surface area contributed by atoms with Crippen LogP contribution >= 0.6 is 0 Å². The summed E-state index contributed by atoms with van der Waals surface area (Å²) in [5, 5.41) is 7.28. The van der Waals surface area contributed by atoms with E-state index in [0.717, 1.165) is 52.4 Å². The zero-order valence-electron chi connectivity index (χ0n) is 21.7. The van der Waals surface area contributed by atoms with Gasteiger partial charge in [0, 0.05) is 23.3 Å². The van der Waals surface area contributed by atoms with Crippen LogP contribution in [-0.2, 0) is 4.79 Å². The number of anilines is 2. The number of benzene rings is 3. The predicted molar refractivity (Wildman–Crippen MR) is 147 cm³/mol. The fourth-order valence-electron chi connectivity index (χ4n) is 5.24. The van der Waals surface area contributed by atoms with Crippen molar-refractivity contribution in [1.29, 1.82) is 0 Å². The average Bonchev–Trinajstić information content (AvgIpc) is 3.10. The first kappa shape index (κ1) is 24.8. The monoisotopic (exact) mass is 498 g/mol. The number of carbonyl (C=O) groups excluding carboxylic acids is 1. The van der Waals surface area contributed by atoms with E-state index in [1.165, 1.54) is 0 Å². The lowest BCUT2D eigenvalue weighted by Crippen LogP contribution is -2.27. The van der Waals surface area contributed by atoms with E-state index in [2.05, 4.69) is 23.6 Å². The molecule has 37 heavy (non-hydrogen) atoms. The van der Waals surface area contributed by atoms with Crippen molar-refractivity contribution in [3.05, 3.63) is 89.1 Å². The van der Waals surface area contributed by atoms with Gasteiger partial charge in [0.15, 0.2) is 17.3 Å². The fraction of sp³-hybridized carbons (Fsp3) is 0.323. The molecule has 192 valence electrons. The molecule has 0 amide bonds. The highest BCUT2D eigenvalue weighted by Gasteiger charge is 2.37. The van der Waals surface area contributed by atoms with Gasteiger partial charge < -0.3 is 24.8 Å². The number of allylic oxidation sites excluding steroid dienone is 1. The molecule has 0 saturated heterocycles. The molecule has 0 unspecified atom stereocenters. The van der Waals surface area contributed by atoms with Crippen LogP contribution in [0, 0.1) is 0 Å². The van der Waals surface area contributed by atoms with Gasteiger partial charge in [0.25, 0.3) is 0 Å². The van der Waals surface area contributed by atoms with Crippen LogP contribution in [0.3, 0.4) is 0 Å². The van der Waals surface area contributed by atoms with Crippen LogP contribution in [0.2, 0.25) is 0 Å². The number of fused-ring (bicyclic) bond motifs is 1. The lowest BCUT2D eigenvalue weighted by Gasteiger charge is -2.30. The Bertz CT molecular complexity index is 1320. The van der Waals surface area contributed by atoms with Crippen LogP contribution in [0.4, 0.5) is 11.4 Å². The summed E-state index contributed by atoms with van der Waals surface area (Å²) >= 11 is 0. The van der Waals surface area contributed by atoms with Crippen LogP contribution in [0.15, 0.2) is 78.0 Å². The maximum atomic E-state index is 13.9. The molecule has 0 spiro atoms. The number of rotatable bonds is 8. The summed E-state index contributed by atoms with van der Waals surface area (Å²) in [4.78, 5) is 13.9. The van der Waals surface area contributed by atoms with Gasteiger partial charge in [0.05, 0.1) is 38.2 Å². The van der Waals surface area contributed by atoms with Gasteiger partial charge in [-0.25, -0.2) is 0 Å². The molecule has 5 rings (SSSR count). The second-order valence-electron chi connectivity index (χ2n) is 9.52. The number of para-hydroxylation sites is 3. The summed E-state index contributed by atoms with van der Waals surface area (Å²) in [6.45, 7) is 2.80. The van der Waals surface area contributed by atoms with E-state index in [0.29, 0.717) is 30.9 Å². The summed E-state index contributed by atoms with van der Waals surface area (Å²) < 4.78 is 17.1. The Balaban J connectivity index is 1.56. The van der Waals surface area contributed by atoms with Gasteiger partial charge in [-0.05, 0) is 54.7 Å². The molecule has 1 heterocycles. The van der Waals surface area contributed by atoms with E-state index in [1.54, 1.807) is 14.2 Å². The van der Waals surface area contributed by atoms with Gasteiger partial charge in [0.2, 0.25) is 0 Å². The molecule has 2 N–H and O–H groups in total. The van der Waals surface area contributed by atoms with Crippen molar-refractivity contribution >= 4 is 17.2 Å². The maximum absolute atomic E-state index is 13.9. The summed E-state index contributed by atoms with van der Waals surface area (Å²) in [6, 6.07) is 21.8. The summed E-state index contributed by atoms with van der Waals surface area (Å²) in [7, 11) is 3.26. The van der Waals surface area contributed by atoms with Crippen LogP contribution < -0.4 is 24.8 Å². The highest BCUT2D eigenvalue weighted by Crippen LogP contribution is 2.46. The summed E-state index contributed by atoms with van der Waals surface area (Å²) in [5.74, 6) is 2.32. The molecule has 6 heteroatoms. The summed E-state index contributed by atoms with van der Waals surface area (Å²) in [5.41, 5.74) is 5.68. The van der Waals surface area contributed by atoms with Crippen molar-refractivity contribution in [1.82, 2.24) is 0 Å². The van der Waals surface area contributed by atoms with Gasteiger partial charge >= 0.3 is 0 Å². The molecule has 3 aromatic rings. The zero-order chi connectivity index (χ0) is 25.8. The number of ether oxygens (including phenoxy) is 3. The fourth-order valence-corrected chi connectivity index (χ4v) is 5.24. The van der Waals surface area contributed by atoms with Crippen molar-refractivity contribution in [2.45, 2.75) is 44.6 Å². The van der Waals surface area contributed by atoms with E-state index >= 15 is 0 Å². The number of hydrogen-bond acceptors (Lipinski definition) is 6. The first-order valence-electron chi connectivity index (χ1n) is 12.9. The Morgan fingerprint density at radius 2 is 1.62 bits per heavy atom. The zero-order valence-corrected chi connectivity index (χ0v) is 21.7. The van der Waals surface area contributed by atoms with E-state index in [9.17, 15) is 4.79 Å². The Hall–Kier alpha value is -3.93. The van der Waals surface area contributed by atoms with E-state index in [4.69, 9.17) is 14.2 Å². The molecule has 1 aliphatic carbocycles. The molecular formula is C31H34N2O4. The van der Waals surface area contributed by atoms with E-state index < -0.39 is 0 Å². The number of hydrogen-bond donors (Lipinski definition) is 2. The van der Waals surface area contributed by atoms with Gasteiger partial charge in [-0.2, -0.15) is 0 Å². The molecule has 0 saturated carbocycles. The molecule has 0 aromatic heterocycles. The molecule has 2 aliphatic rings. The number of unbranched alkanes of at least 4 members (excludes halogenated alkanes) is 1. The lowest BCUT2D eigenvalue weighted by atomic mass is 9.78. The first-order chi connectivity index (χ1) is 18.1. The second-order valence-corrected chi connectivity index (χ2v) is 9.52. The van der Waals surface area contributed by atoms with Gasteiger partial charge in [-0.3, -0.25) is 4.79 Å². The van der Waals surface area contributed by atoms with Crippen LogP contribution in [-0.4, -0.2) is 26.6 Å². The minimum absolute atomic E-state index is 0.0283. The number of nitrogens with one attached hydrogen (secondary N) is 2. The number of ketones is 1. The quantitative estimate of drug-likeness (QED) is 0.331. The van der Waals surface area contributed by atoms with Crippen LogP contribution in [0.1, 0.15) is 55.7 Å². The minimum Gasteiger partial charge on any atom is -0.493 e. The van der Waals surface area contributed by atoms with Gasteiger partial charge in [0.1, 0.15) is 5.75 Å². The number of Topliss-reactive ketones (excluding diaryl/α,β-unsaturated/α-hetero) is 1. The molecule has 0 bridgehead atoms. The molecular weight excluding hydrogens is 464 g/mol. The second kappa shape index (κ2) is 11.0. The van der Waals surface area contributed by atoms with E-state index in [1.807, 2.05) is 60.7 Å². The number of carbonyl (C=O) groups is 1. The predicted octanol–water partition coefficient (Wildman–Crippen LogP) is 6.86. The third-order valence-electron chi connectivity index (χ3n) is 7.17. The lowest BCUT2D eigenvalue weighted by molar-refractivity contribution is -0.116. The highest BCUT2D eigenvalue weighted by atomic mass is 16.5. The van der Waals surface area contributed by atoms with E-state index in [-0.39, 0.29) is 17.7 Å². The van der Waals surface area contributed by atoms with Gasteiger partial charge in [-0.1, -0.05) is 49.7 Å². The number of methoxy groups -OCH3 is 2.